The van der Waals surface area contributed by atoms with E-state index >= 15 is 0 Å². The molecule has 0 aliphatic heterocycles. The fourth-order valence-corrected chi connectivity index (χ4v) is 10.1. The topological polar surface area (TPSA) is 788 Å². The molecule has 0 saturated heterocycles. The van der Waals surface area contributed by atoms with Gasteiger partial charge in [0.05, 0.1) is 63.4 Å². The third-order valence-electron chi connectivity index (χ3n) is 16.7. The number of hydrogen-bond donors (Lipinski definition) is 27. The van der Waals surface area contributed by atoms with Crippen LogP contribution in [0.15, 0.2) is 0 Å². The van der Waals surface area contributed by atoms with Crippen molar-refractivity contribution in [2.75, 3.05) is 26.2 Å². The molecule has 0 aromatic rings. The molecule has 0 aliphatic rings. The summed E-state index contributed by atoms with van der Waals surface area (Å²) in [5, 5.41) is 114. The Morgan fingerprint density at radius 1 is 0.339 bits per heavy atom. The van der Waals surface area contributed by atoms with Crippen LogP contribution >= 0.6 is 0 Å². The highest BCUT2D eigenvalue weighted by atomic mass is 16.4. The van der Waals surface area contributed by atoms with Crippen LogP contribution in [-0.4, -0.2) is 294 Å². The van der Waals surface area contributed by atoms with Crippen LogP contribution in [0.1, 0.15) is 134 Å². The van der Waals surface area contributed by atoms with Crippen LogP contribution in [-0.2, 0) is 95.9 Å². The van der Waals surface area contributed by atoms with Crippen molar-refractivity contribution in [2.45, 2.75) is 243 Å². The molecule has 0 fully saturated rings. The molecular weight excluding hydrogens is 1490 g/mol. The molecule has 0 aromatic carbocycles. The number of nitrogens with one attached hydrogen (secondary N) is 15. The first kappa shape index (κ1) is 101. The predicted octanol–water partition coefficient (Wildman–Crippen LogP) is -13.0. The van der Waals surface area contributed by atoms with Gasteiger partial charge in [0.15, 0.2) is 0 Å². The lowest BCUT2D eigenvalue weighted by molar-refractivity contribution is -0.144. The zero-order valence-corrected chi connectivity index (χ0v) is 63.9. The summed E-state index contributed by atoms with van der Waals surface area (Å²) in [5.74, 6) is -28.2. The van der Waals surface area contributed by atoms with Gasteiger partial charge in [-0.2, -0.15) is 0 Å². The van der Waals surface area contributed by atoms with E-state index in [0.717, 1.165) is 34.6 Å². The van der Waals surface area contributed by atoms with E-state index in [2.05, 4.69) is 74.4 Å². The number of aliphatic hydroxyl groups excluding tert-OH is 5. The van der Waals surface area contributed by atoms with E-state index in [-0.39, 0.29) is 32.2 Å². The lowest BCUT2D eigenvalue weighted by Gasteiger charge is -2.29. The normalized spacial score (nSPS) is 16.2. The average molecular weight is 1610 g/mol. The summed E-state index contributed by atoms with van der Waals surface area (Å²) < 4.78 is 0. The first-order chi connectivity index (χ1) is 52.0. The molecule has 0 unspecified atom stereocenters. The largest absolute Gasteiger partial charge is 0.481 e. The average Bonchev–Trinajstić information content (AvgIpc) is 0.860. The summed E-state index contributed by atoms with van der Waals surface area (Å²) >= 11 is 0. The van der Waals surface area contributed by atoms with Crippen LogP contribution in [0.3, 0.4) is 0 Å². The number of carbonyl (C=O) groups excluding carboxylic acids is 17. The zero-order valence-electron chi connectivity index (χ0n) is 63.9. The van der Waals surface area contributed by atoms with E-state index in [1.165, 1.54) is 34.6 Å². The van der Waals surface area contributed by atoms with Crippen molar-refractivity contribution in [2.24, 2.45) is 40.7 Å². The SMILES string of the molecule is CC[C@H](C)[C@H](NC(=O)[C@H](CC(N)=O)NC(=O)CNC(=O)[C@H](CCC(N)=O)NC(=O)[C@H](CC(=O)O)NC(=O)[C@H](CC(=O)O)NC(=O)[C@H](CCCCN)NC(=O)[C@H](CO)NC(=O)[C@@H](NC(=O)[C@@H](NC(=O)[C@H](C)NC(=O)[C@@H](NC(=O)[C@@H](NC(=O)CN)[C@@H](C)O)[C@@H](C)O)[C@@H](C)O)C(C)C)C(=O)N[C@H](C(=O)N[C@H](C(=O)O)C(C)C)[C@@H](C)O. The summed E-state index contributed by atoms with van der Waals surface area (Å²) in [4.78, 5) is 263. The molecule has 17 amide bonds. The van der Waals surface area contributed by atoms with Crippen LogP contribution < -0.4 is 103 Å². The highest BCUT2D eigenvalue weighted by Gasteiger charge is 2.41. The second-order valence-corrected chi connectivity index (χ2v) is 27.1. The molecule has 0 spiro atoms. The molecule has 0 saturated carbocycles. The maximum absolute atomic E-state index is 14.1. The second-order valence-electron chi connectivity index (χ2n) is 27.1. The van der Waals surface area contributed by atoms with Crippen LogP contribution in [0.5, 0.6) is 0 Å². The third kappa shape index (κ3) is 36.3. The Hall–Kier alpha value is -10.9. The Labute approximate surface area is 642 Å². The minimum absolute atomic E-state index is 0.00796. The summed E-state index contributed by atoms with van der Waals surface area (Å²) in [5.41, 5.74) is 21.6. The molecule has 19 atom stereocenters. The molecule has 0 radical (unpaired) electrons. The van der Waals surface area contributed by atoms with Crippen LogP contribution in [0.2, 0.25) is 0 Å². The van der Waals surface area contributed by atoms with Gasteiger partial charge in [0.1, 0.15) is 84.6 Å². The van der Waals surface area contributed by atoms with Crippen LogP contribution in [0, 0.1) is 17.8 Å². The lowest BCUT2D eigenvalue weighted by Crippen LogP contribution is -2.63. The lowest BCUT2D eigenvalue weighted by atomic mass is 9.96. The van der Waals surface area contributed by atoms with Gasteiger partial charge in [-0.05, 0) is 84.6 Å². The van der Waals surface area contributed by atoms with Crippen molar-refractivity contribution in [3.05, 3.63) is 0 Å². The summed E-state index contributed by atoms with van der Waals surface area (Å²) in [6, 6.07) is -25.6. The molecule has 31 N–H and O–H groups in total. The highest BCUT2D eigenvalue weighted by molar-refractivity contribution is 6.02. The molecule has 0 bridgehead atoms. The van der Waals surface area contributed by atoms with Gasteiger partial charge in [0.25, 0.3) is 0 Å². The van der Waals surface area contributed by atoms with E-state index in [4.69, 9.17) is 22.9 Å². The minimum atomic E-state index is -2.28. The van der Waals surface area contributed by atoms with Gasteiger partial charge >= 0.3 is 17.9 Å². The van der Waals surface area contributed by atoms with Gasteiger partial charge in [0, 0.05) is 6.42 Å². The van der Waals surface area contributed by atoms with Crippen LogP contribution in [0.4, 0.5) is 0 Å². The highest BCUT2D eigenvalue weighted by Crippen LogP contribution is 2.14. The van der Waals surface area contributed by atoms with Crippen LogP contribution in [0.25, 0.3) is 0 Å². The van der Waals surface area contributed by atoms with Crippen molar-refractivity contribution < 1.29 is 137 Å². The number of aliphatic hydroxyl groups is 5. The third-order valence-corrected chi connectivity index (χ3v) is 16.7. The number of rotatable bonds is 53. The Balaban J connectivity index is 6.74. The summed E-state index contributed by atoms with van der Waals surface area (Å²) in [7, 11) is 0. The van der Waals surface area contributed by atoms with E-state index in [1.807, 2.05) is 5.32 Å². The number of carboxylic acids is 3. The first-order valence-electron chi connectivity index (χ1n) is 35.5. The number of primary amides is 2. The minimum Gasteiger partial charge on any atom is -0.481 e. The molecule has 47 heteroatoms. The molecule has 47 nitrogen and oxygen atoms in total. The predicted molar refractivity (Wildman–Crippen MR) is 385 cm³/mol. The van der Waals surface area contributed by atoms with E-state index in [1.54, 1.807) is 6.92 Å². The number of hydrogen-bond acceptors (Lipinski definition) is 27. The van der Waals surface area contributed by atoms with E-state index in [0.29, 0.717) is 0 Å². The summed E-state index contributed by atoms with van der Waals surface area (Å²) in [6.45, 7) is 11.4. The molecule has 0 aliphatic carbocycles. The number of aliphatic carboxylic acids is 3. The van der Waals surface area contributed by atoms with Gasteiger partial charge in [-0.25, -0.2) is 4.79 Å². The molecule has 0 rings (SSSR count). The zero-order chi connectivity index (χ0) is 86.5. The number of carboxylic acid groups (broad SMARTS) is 3. The summed E-state index contributed by atoms with van der Waals surface area (Å²) in [6.07, 6.45) is -11.6. The van der Waals surface area contributed by atoms with Crippen molar-refractivity contribution in [3.63, 3.8) is 0 Å². The molecule has 112 heavy (non-hydrogen) atoms. The van der Waals surface area contributed by atoms with E-state index in [9.17, 15) is 137 Å². The molecular formula is C65H111N19O28. The Kier molecular flexibility index (Phi) is 45.2. The monoisotopic (exact) mass is 1610 g/mol. The molecule has 634 valence electrons. The van der Waals surface area contributed by atoms with Gasteiger partial charge in [-0.1, -0.05) is 48.0 Å². The van der Waals surface area contributed by atoms with Crippen molar-refractivity contribution in [3.8, 4) is 0 Å². The van der Waals surface area contributed by atoms with Crippen molar-refractivity contribution in [1.82, 2.24) is 79.8 Å². The van der Waals surface area contributed by atoms with Gasteiger partial charge in [-0.3, -0.25) is 91.1 Å². The Morgan fingerprint density at radius 2 is 0.688 bits per heavy atom. The number of amides is 17. The standard InChI is InChI=1S/C65H111N19O28/c1-12-27(6)47(60(106)83-51(32(11)89)64(110)80-46(26(4)5)65(111)112)81-57(103)35(19-40(69)91)72-42(93)23-70-53(99)34(16-17-39(68)90)74-55(101)36(20-43(94)95)76-56(102)37(21-44(96)97)75-54(100)33(15-13-14-18-66)73-58(104)38(24-85)77-59(105)45(25(2)3)79-63(109)50(31(10)88)82-52(98)28(7)71-61(107)49(30(9)87)84-62(108)48(29(8)86)78-41(92)22-67/h25-38,45-51,85-89H,12-24,66-67H2,1-11H3,(H2,68,90)(H2,69,91)(H,70,99)(H,71,107)(H,72,93)(H,73,104)(H,74,101)(H,75,100)(H,76,102)(H,77,105)(H,78,92)(H,79,109)(H,80,110)(H,81,103)(H,82,98)(H,83,106)(H,84,108)(H,94,95)(H,96,97)(H,111,112)/t27-,28-,29+,30+,31+,32+,33-,34-,35-,36-,37-,38-,45-,46-,47-,48-,49-,50-,51-/m0/s1. The first-order valence-corrected chi connectivity index (χ1v) is 35.5. The number of carbonyl (C=O) groups is 20. The Bertz CT molecular complexity index is 3320. The Morgan fingerprint density at radius 3 is 1.08 bits per heavy atom. The van der Waals surface area contributed by atoms with Gasteiger partial charge in [-0.15, -0.1) is 0 Å². The van der Waals surface area contributed by atoms with E-state index < -0.39 is 297 Å². The fraction of sp³-hybridized carbons (Fsp3) is 0.692. The quantitative estimate of drug-likeness (QED) is 0.0252. The second kappa shape index (κ2) is 50.1. The van der Waals surface area contributed by atoms with Crippen molar-refractivity contribution >= 4 is 118 Å². The smallest absolute Gasteiger partial charge is 0.326 e. The van der Waals surface area contributed by atoms with Gasteiger partial charge in [0.2, 0.25) is 100 Å². The molecule has 0 aromatic heterocycles. The maximum Gasteiger partial charge on any atom is 0.326 e. The number of unbranched alkanes of at least 4 members (excludes halogenated alkanes) is 1. The maximum atomic E-state index is 14.1. The van der Waals surface area contributed by atoms with Gasteiger partial charge < -0.3 is 144 Å². The number of nitrogens with two attached hydrogens (primary N) is 4. The fourth-order valence-electron chi connectivity index (χ4n) is 10.1. The molecule has 0 heterocycles. The van der Waals surface area contributed by atoms with Crippen molar-refractivity contribution in [1.29, 1.82) is 0 Å².